The van der Waals surface area contributed by atoms with Crippen molar-refractivity contribution in [3.63, 3.8) is 0 Å². The Morgan fingerprint density at radius 2 is 1.64 bits per heavy atom. The van der Waals surface area contributed by atoms with Crippen LogP contribution in [0.5, 0.6) is 11.5 Å². The van der Waals surface area contributed by atoms with Gasteiger partial charge in [-0.2, -0.15) is 4.31 Å². The van der Waals surface area contributed by atoms with Gasteiger partial charge in [0.05, 0.1) is 4.90 Å². The average molecular weight is 326 g/mol. The zero-order valence-corrected chi connectivity index (χ0v) is 13.8. The summed E-state index contributed by atoms with van der Waals surface area (Å²) >= 11 is 0. The van der Waals surface area contributed by atoms with Crippen LogP contribution < -0.4 is 9.47 Å². The highest BCUT2D eigenvalue weighted by molar-refractivity contribution is 7.89. The predicted octanol–water partition coefficient (Wildman–Crippen LogP) is 1.17. The van der Waals surface area contributed by atoms with E-state index in [0.717, 1.165) is 13.1 Å². The minimum absolute atomic E-state index is 0.273. The summed E-state index contributed by atoms with van der Waals surface area (Å²) in [4.78, 5) is 2.56. The van der Waals surface area contributed by atoms with Gasteiger partial charge in [0.25, 0.3) is 0 Å². The van der Waals surface area contributed by atoms with Crippen molar-refractivity contribution in [1.29, 1.82) is 0 Å². The quantitative estimate of drug-likeness (QED) is 0.834. The molecule has 0 saturated carbocycles. The molecule has 1 aromatic carbocycles. The van der Waals surface area contributed by atoms with Gasteiger partial charge >= 0.3 is 0 Å². The molecule has 2 heterocycles. The van der Waals surface area contributed by atoms with Crippen LogP contribution in [0.4, 0.5) is 0 Å². The zero-order chi connectivity index (χ0) is 15.7. The first-order valence-corrected chi connectivity index (χ1v) is 9.06. The molecular weight excluding hydrogens is 304 g/mol. The Kier molecular flexibility index (Phi) is 4.29. The number of fused-ring (bicyclic) bond motifs is 1. The number of hydrogen-bond acceptors (Lipinski definition) is 5. The fourth-order valence-corrected chi connectivity index (χ4v) is 4.23. The molecular formula is C15H22N2O4S. The van der Waals surface area contributed by atoms with Crippen molar-refractivity contribution in [1.82, 2.24) is 9.21 Å². The van der Waals surface area contributed by atoms with Crippen molar-refractivity contribution >= 4 is 10.0 Å². The number of ether oxygens (including phenoxy) is 2. The molecule has 0 N–H and O–H groups in total. The van der Waals surface area contributed by atoms with Gasteiger partial charge in [0, 0.05) is 38.3 Å². The lowest BCUT2D eigenvalue weighted by molar-refractivity contribution is 0.154. The van der Waals surface area contributed by atoms with Crippen LogP contribution in [-0.4, -0.2) is 63.1 Å². The molecule has 0 radical (unpaired) electrons. The van der Waals surface area contributed by atoms with Crippen molar-refractivity contribution in [3.8, 4) is 11.5 Å². The number of benzene rings is 1. The van der Waals surface area contributed by atoms with E-state index in [1.807, 2.05) is 0 Å². The smallest absolute Gasteiger partial charge is 0.243 e. The molecule has 0 bridgehead atoms. The summed E-state index contributed by atoms with van der Waals surface area (Å²) in [5, 5.41) is 0. The van der Waals surface area contributed by atoms with Crippen molar-refractivity contribution in [2.45, 2.75) is 24.8 Å². The lowest BCUT2D eigenvalue weighted by Crippen LogP contribution is -2.50. The summed E-state index contributed by atoms with van der Waals surface area (Å²) in [5.41, 5.74) is 0. The van der Waals surface area contributed by atoms with Crippen LogP contribution in [-0.2, 0) is 10.0 Å². The van der Waals surface area contributed by atoms with E-state index < -0.39 is 10.0 Å². The Labute approximate surface area is 131 Å². The Hall–Kier alpha value is -1.31. The molecule has 0 aliphatic carbocycles. The van der Waals surface area contributed by atoms with Crippen LogP contribution in [0.15, 0.2) is 23.1 Å². The Bertz CT molecular complexity index is 637. The summed E-state index contributed by atoms with van der Waals surface area (Å²) in [6.45, 7) is 7.78. The molecule has 0 atom stereocenters. The van der Waals surface area contributed by atoms with Crippen molar-refractivity contribution in [3.05, 3.63) is 18.2 Å². The van der Waals surface area contributed by atoms with Crippen LogP contribution in [0.25, 0.3) is 0 Å². The van der Waals surface area contributed by atoms with Gasteiger partial charge in [0.2, 0.25) is 10.0 Å². The van der Waals surface area contributed by atoms with Gasteiger partial charge in [0.15, 0.2) is 11.5 Å². The number of piperazine rings is 1. The summed E-state index contributed by atoms with van der Waals surface area (Å²) in [5.74, 6) is 1.11. The Morgan fingerprint density at radius 1 is 1.00 bits per heavy atom. The summed E-state index contributed by atoms with van der Waals surface area (Å²) in [6, 6.07) is 5.28. The lowest BCUT2D eigenvalue weighted by Gasteiger charge is -2.36. The van der Waals surface area contributed by atoms with Gasteiger partial charge in [-0.25, -0.2) is 8.42 Å². The van der Waals surface area contributed by atoms with Gasteiger partial charge < -0.3 is 9.47 Å². The van der Waals surface area contributed by atoms with E-state index in [4.69, 9.17) is 9.47 Å². The van der Waals surface area contributed by atoms with Crippen LogP contribution in [0.2, 0.25) is 0 Å². The van der Waals surface area contributed by atoms with Crippen molar-refractivity contribution in [2.24, 2.45) is 0 Å². The first-order chi connectivity index (χ1) is 10.5. The van der Waals surface area contributed by atoms with Crippen LogP contribution >= 0.6 is 0 Å². The second kappa shape index (κ2) is 6.06. The molecule has 1 aromatic rings. The maximum Gasteiger partial charge on any atom is 0.243 e. The van der Waals surface area contributed by atoms with Gasteiger partial charge in [-0.3, -0.25) is 4.90 Å². The van der Waals surface area contributed by atoms with E-state index in [-0.39, 0.29) is 4.90 Å². The van der Waals surface area contributed by atoms with Crippen molar-refractivity contribution < 1.29 is 17.9 Å². The highest BCUT2D eigenvalue weighted by atomic mass is 32.2. The summed E-state index contributed by atoms with van der Waals surface area (Å²) in [6.07, 6.45) is 0. The van der Waals surface area contributed by atoms with E-state index in [0.29, 0.717) is 43.8 Å². The number of hydrogen-bond donors (Lipinski definition) is 0. The highest BCUT2D eigenvalue weighted by Gasteiger charge is 2.30. The maximum atomic E-state index is 12.8. The number of sulfonamides is 1. The molecule has 3 rings (SSSR count). The molecule has 6 nitrogen and oxygen atoms in total. The molecule has 7 heteroatoms. The standard InChI is InChI=1S/C15H22N2O4S/c1-12(2)16-5-7-17(8-6-16)22(18,19)13-3-4-14-15(11-13)21-10-9-20-14/h3-4,11-12H,5-10H2,1-2H3. The van der Waals surface area contributed by atoms with Crippen molar-refractivity contribution in [2.75, 3.05) is 39.4 Å². The second-order valence-electron chi connectivity index (χ2n) is 5.84. The topological polar surface area (TPSA) is 59.1 Å². The predicted molar refractivity (Wildman–Crippen MR) is 82.9 cm³/mol. The molecule has 1 fully saturated rings. The first-order valence-electron chi connectivity index (χ1n) is 7.62. The Morgan fingerprint density at radius 3 is 2.27 bits per heavy atom. The number of rotatable bonds is 3. The van der Waals surface area contributed by atoms with E-state index in [1.165, 1.54) is 0 Å². The third-order valence-electron chi connectivity index (χ3n) is 4.15. The Balaban J connectivity index is 1.79. The van der Waals surface area contributed by atoms with Gasteiger partial charge in [-0.1, -0.05) is 0 Å². The highest BCUT2D eigenvalue weighted by Crippen LogP contribution is 2.33. The SMILES string of the molecule is CC(C)N1CCN(S(=O)(=O)c2ccc3c(c2)OCCO3)CC1. The number of nitrogens with zero attached hydrogens (tertiary/aromatic N) is 2. The van der Waals surface area contributed by atoms with E-state index in [2.05, 4.69) is 18.7 Å². The minimum Gasteiger partial charge on any atom is -0.486 e. The summed E-state index contributed by atoms with van der Waals surface area (Å²) < 4.78 is 38.0. The van der Waals surface area contributed by atoms with Crippen LogP contribution in [0, 0.1) is 0 Å². The first kappa shape index (κ1) is 15.6. The largest absolute Gasteiger partial charge is 0.486 e. The van der Waals surface area contributed by atoms with Gasteiger partial charge in [0.1, 0.15) is 13.2 Å². The van der Waals surface area contributed by atoms with E-state index in [1.54, 1.807) is 22.5 Å². The fraction of sp³-hybridized carbons (Fsp3) is 0.600. The summed E-state index contributed by atoms with van der Waals surface area (Å²) in [7, 11) is -3.47. The van der Waals surface area contributed by atoms with Crippen LogP contribution in [0.1, 0.15) is 13.8 Å². The third kappa shape index (κ3) is 2.93. The van der Waals surface area contributed by atoms with E-state index >= 15 is 0 Å². The third-order valence-corrected chi connectivity index (χ3v) is 6.05. The second-order valence-corrected chi connectivity index (χ2v) is 7.78. The average Bonchev–Trinajstić information content (AvgIpc) is 2.54. The molecule has 0 spiro atoms. The maximum absolute atomic E-state index is 12.8. The molecule has 1 saturated heterocycles. The van der Waals surface area contributed by atoms with Gasteiger partial charge in [-0.05, 0) is 26.0 Å². The van der Waals surface area contributed by atoms with E-state index in [9.17, 15) is 8.42 Å². The lowest BCUT2D eigenvalue weighted by atomic mass is 10.3. The van der Waals surface area contributed by atoms with Gasteiger partial charge in [-0.15, -0.1) is 0 Å². The molecule has 0 amide bonds. The molecule has 2 aliphatic heterocycles. The minimum atomic E-state index is -3.47. The molecule has 122 valence electrons. The normalized spacial score (nSPS) is 20.3. The van der Waals surface area contributed by atoms with Crippen LogP contribution in [0.3, 0.4) is 0 Å². The molecule has 0 aromatic heterocycles. The molecule has 22 heavy (non-hydrogen) atoms. The fourth-order valence-electron chi connectivity index (χ4n) is 2.79. The monoisotopic (exact) mass is 326 g/mol. The molecule has 0 unspecified atom stereocenters. The molecule has 2 aliphatic rings. The zero-order valence-electron chi connectivity index (χ0n) is 13.0.